The second kappa shape index (κ2) is 7.37. The molecule has 0 saturated heterocycles. The zero-order valence-corrected chi connectivity index (χ0v) is 15.4. The summed E-state index contributed by atoms with van der Waals surface area (Å²) < 4.78 is 0. The van der Waals surface area contributed by atoms with Crippen molar-refractivity contribution < 1.29 is 9.59 Å². The van der Waals surface area contributed by atoms with Crippen LogP contribution in [0.15, 0.2) is 48.5 Å². The van der Waals surface area contributed by atoms with E-state index < -0.39 is 5.54 Å². The number of nitrogens with zero attached hydrogens (tertiary/aromatic N) is 1. The first-order valence-corrected chi connectivity index (χ1v) is 8.31. The van der Waals surface area contributed by atoms with Crippen LogP contribution in [-0.4, -0.2) is 28.7 Å². The minimum atomic E-state index is -0.548. The van der Waals surface area contributed by atoms with Gasteiger partial charge in [0.1, 0.15) is 0 Å². The van der Waals surface area contributed by atoms with Crippen molar-refractivity contribution in [1.82, 2.24) is 4.90 Å². The standard InChI is InChI=1S/C19H19Cl2NO2/c1-19(2,3)22(12-16(23)13-8-5-4-6-9-13)18(24)14-10-7-11-15(20)17(14)21/h4-11H,12H2,1-3H3. The van der Waals surface area contributed by atoms with E-state index in [-0.39, 0.29) is 23.3 Å². The van der Waals surface area contributed by atoms with Crippen molar-refractivity contribution >= 4 is 34.9 Å². The lowest BCUT2D eigenvalue weighted by atomic mass is 10.0. The first kappa shape index (κ1) is 18.5. The van der Waals surface area contributed by atoms with E-state index in [1.54, 1.807) is 42.5 Å². The lowest BCUT2D eigenvalue weighted by Gasteiger charge is -2.35. The maximum Gasteiger partial charge on any atom is 0.256 e. The first-order valence-electron chi connectivity index (χ1n) is 7.56. The van der Waals surface area contributed by atoms with Crippen molar-refractivity contribution in [2.45, 2.75) is 26.3 Å². The van der Waals surface area contributed by atoms with E-state index in [2.05, 4.69) is 0 Å². The summed E-state index contributed by atoms with van der Waals surface area (Å²) in [7, 11) is 0. The Kier molecular flexibility index (Phi) is 5.68. The molecular weight excluding hydrogens is 345 g/mol. The van der Waals surface area contributed by atoms with Crippen LogP contribution in [0.2, 0.25) is 10.0 Å². The van der Waals surface area contributed by atoms with Crippen LogP contribution in [-0.2, 0) is 0 Å². The average Bonchev–Trinajstić information content (AvgIpc) is 2.54. The predicted molar refractivity (Wildman–Crippen MR) is 98.0 cm³/mol. The molecule has 0 unspecified atom stereocenters. The fourth-order valence-corrected chi connectivity index (χ4v) is 2.67. The SMILES string of the molecule is CC(C)(C)N(CC(=O)c1ccccc1)C(=O)c1cccc(Cl)c1Cl. The Morgan fingerprint density at radius 2 is 1.58 bits per heavy atom. The van der Waals surface area contributed by atoms with Gasteiger partial charge in [0.25, 0.3) is 5.91 Å². The van der Waals surface area contributed by atoms with E-state index in [1.807, 2.05) is 26.8 Å². The number of hydrogen-bond acceptors (Lipinski definition) is 2. The Hall–Kier alpha value is -1.84. The summed E-state index contributed by atoms with van der Waals surface area (Å²) in [5.74, 6) is -0.448. The molecule has 0 aliphatic rings. The Morgan fingerprint density at radius 3 is 2.17 bits per heavy atom. The van der Waals surface area contributed by atoms with Crippen molar-refractivity contribution in [3.8, 4) is 0 Å². The maximum absolute atomic E-state index is 13.0. The van der Waals surface area contributed by atoms with Gasteiger partial charge in [-0.05, 0) is 32.9 Å². The fourth-order valence-electron chi connectivity index (χ4n) is 2.29. The minimum absolute atomic E-state index is 0.0326. The topological polar surface area (TPSA) is 37.4 Å². The molecule has 3 nitrogen and oxygen atoms in total. The molecule has 0 aliphatic carbocycles. The highest BCUT2D eigenvalue weighted by molar-refractivity contribution is 6.43. The third-order valence-corrected chi connectivity index (χ3v) is 4.45. The van der Waals surface area contributed by atoms with Gasteiger partial charge in [-0.15, -0.1) is 0 Å². The molecule has 0 radical (unpaired) electrons. The summed E-state index contributed by atoms with van der Waals surface area (Å²) in [5.41, 5.74) is 0.310. The number of carbonyl (C=O) groups excluding carboxylic acids is 2. The van der Waals surface area contributed by atoms with Crippen molar-refractivity contribution in [2.75, 3.05) is 6.54 Å². The average molecular weight is 364 g/mol. The van der Waals surface area contributed by atoms with Gasteiger partial charge in [-0.1, -0.05) is 59.6 Å². The highest BCUT2D eigenvalue weighted by atomic mass is 35.5. The van der Waals surface area contributed by atoms with Gasteiger partial charge in [-0.3, -0.25) is 9.59 Å². The summed E-state index contributed by atoms with van der Waals surface area (Å²) >= 11 is 12.2. The van der Waals surface area contributed by atoms with Crippen molar-refractivity contribution in [3.05, 3.63) is 69.7 Å². The van der Waals surface area contributed by atoms with Gasteiger partial charge in [0.2, 0.25) is 0 Å². The Bertz CT molecular complexity index is 752. The number of ketones is 1. The third kappa shape index (κ3) is 4.16. The minimum Gasteiger partial charge on any atom is -0.326 e. The zero-order valence-electron chi connectivity index (χ0n) is 13.8. The third-order valence-electron chi connectivity index (χ3n) is 3.63. The summed E-state index contributed by atoms with van der Waals surface area (Å²) in [4.78, 5) is 27.0. The number of carbonyl (C=O) groups is 2. The van der Waals surface area contributed by atoms with Crippen molar-refractivity contribution in [1.29, 1.82) is 0 Å². The normalized spacial score (nSPS) is 11.2. The molecule has 2 rings (SSSR count). The monoisotopic (exact) mass is 363 g/mol. The van der Waals surface area contributed by atoms with E-state index in [4.69, 9.17) is 23.2 Å². The van der Waals surface area contributed by atoms with Gasteiger partial charge in [0.05, 0.1) is 22.2 Å². The van der Waals surface area contributed by atoms with Gasteiger partial charge in [0, 0.05) is 11.1 Å². The molecule has 126 valence electrons. The van der Waals surface area contributed by atoms with Crippen LogP contribution < -0.4 is 0 Å². The van der Waals surface area contributed by atoms with Crippen LogP contribution in [0, 0.1) is 0 Å². The van der Waals surface area contributed by atoms with Crippen LogP contribution in [0.3, 0.4) is 0 Å². The van der Waals surface area contributed by atoms with E-state index >= 15 is 0 Å². The number of amides is 1. The fraction of sp³-hybridized carbons (Fsp3) is 0.263. The molecule has 0 bridgehead atoms. The molecule has 1 amide bonds. The zero-order chi connectivity index (χ0) is 17.9. The first-order chi connectivity index (χ1) is 11.2. The van der Waals surface area contributed by atoms with E-state index in [1.165, 1.54) is 4.90 Å². The largest absolute Gasteiger partial charge is 0.326 e. The van der Waals surface area contributed by atoms with Crippen LogP contribution >= 0.6 is 23.2 Å². The van der Waals surface area contributed by atoms with Gasteiger partial charge >= 0.3 is 0 Å². The summed E-state index contributed by atoms with van der Waals surface area (Å²) in [5, 5.41) is 0.510. The van der Waals surface area contributed by atoms with Gasteiger partial charge in [-0.25, -0.2) is 0 Å². The lowest BCUT2D eigenvalue weighted by Crippen LogP contribution is -2.48. The van der Waals surface area contributed by atoms with Crippen molar-refractivity contribution in [2.24, 2.45) is 0 Å². The van der Waals surface area contributed by atoms with Gasteiger partial charge in [-0.2, -0.15) is 0 Å². The van der Waals surface area contributed by atoms with E-state index in [0.717, 1.165) is 0 Å². The van der Waals surface area contributed by atoms with Gasteiger partial charge < -0.3 is 4.90 Å². The summed E-state index contributed by atoms with van der Waals surface area (Å²) in [6.07, 6.45) is 0. The molecule has 0 aromatic heterocycles. The quantitative estimate of drug-likeness (QED) is 0.707. The van der Waals surface area contributed by atoms with E-state index in [0.29, 0.717) is 16.1 Å². The Labute approximate surface area is 152 Å². The molecule has 0 saturated carbocycles. The molecule has 24 heavy (non-hydrogen) atoms. The van der Waals surface area contributed by atoms with Crippen LogP contribution in [0.5, 0.6) is 0 Å². The highest BCUT2D eigenvalue weighted by Crippen LogP contribution is 2.28. The molecule has 0 heterocycles. The summed E-state index contributed by atoms with van der Waals surface area (Å²) in [6.45, 7) is 5.60. The molecular formula is C19H19Cl2NO2. The number of halogens is 2. The molecule has 0 spiro atoms. The van der Waals surface area contributed by atoms with Crippen LogP contribution in [0.25, 0.3) is 0 Å². The second-order valence-corrected chi connectivity index (χ2v) is 7.24. The molecule has 0 N–H and O–H groups in total. The Balaban J connectivity index is 2.34. The molecule has 0 atom stereocenters. The molecule has 0 aliphatic heterocycles. The van der Waals surface area contributed by atoms with Gasteiger partial charge in [0.15, 0.2) is 5.78 Å². The predicted octanol–water partition coefficient (Wildman–Crippen LogP) is 5.12. The number of benzene rings is 2. The molecule has 0 fully saturated rings. The maximum atomic E-state index is 13.0. The lowest BCUT2D eigenvalue weighted by molar-refractivity contribution is 0.0548. The van der Waals surface area contributed by atoms with Crippen molar-refractivity contribution in [3.63, 3.8) is 0 Å². The molecule has 2 aromatic carbocycles. The number of rotatable bonds is 4. The summed E-state index contributed by atoms with van der Waals surface area (Å²) in [6, 6.07) is 13.8. The smallest absolute Gasteiger partial charge is 0.256 e. The highest BCUT2D eigenvalue weighted by Gasteiger charge is 2.30. The molecule has 2 aromatic rings. The van der Waals surface area contributed by atoms with E-state index in [9.17, 15) is 9.59 Å². The number of Topliss-reactive ketones (excluding diaryl/α,β-unsaturated/α-hetero) is 1. The molecule has 5 heteroatoms. The second-order valence-electron chi connectivity index (χ2n) is 6.45. The Morgan fingerprint density at radius 1 is 0.958 bits per heavy atom. The van der Waals surface area contributed by atoms with Crippen LogP contribution in [0.4, 0.5) is 0 Å². The van der Waals surface area contributed by atoms with Crippen LogP contribution in [0.1, 0.15) is 41.5 Å². The number of hydrogen-bond donors (Lipinski definition) is 0.